The quantitative estimate of drug-likeness (QED) is 0.433. The van der Waals surface area contributed by atoms with E-state index in [1.807, 2.05) is 0 Å². The molecule has 2 radical (unpaired) electrons. The lowest BCUT2D eigenvalue weighted by molar-refractivity contribution is -0.385. The molecule has 0 aliphatic rings. The van der Waals surface area contributed by atoms with Crippen LogP contribution < -0.4 is 0 Å². The maximum Gasteiger partial charge on any atom is 0.273 e. The number of nitro benzene ring substituents is 1. The Kier molecular flexibility index (Phi) is 1.67. The van der Waals surface area contributed by atoms with Crippen LogP contribution in [0.1, 0.15) is 5.56 Å². The van der Waals surface area contributed by atoms with Gasteiger partial charge in [-0.25, -0.2) is 0 Å². The Labute approximate surface area is 58.4 Å². The molecule has 3 heteroatoms. The average Bonchev–Trinajstić information content (AvgIpc) is 1.88. The monoisotopic (exact) mass is 135 g/mol. The van der Waals surface area contributed by atoms with Crippen molar-refractivity contribution in [2.75, 3.05) is 0 Å². The number of rotatable bonds is 1. The standard InChI is InChI=1S/C7H5NO2/c1-6-4-2-3-5-7(6)8(9)10/h2,4-5H,1H2. The molecule has 3 nitrogen and oxygen atoms in total. The van der Waals surface area contributed by atoms with Gasteiger partial charge in [0.25, 0.3) is 5.69 Å². The van der Waals surface area contributed by atoms with E-state index in [1.165, 1.54) is 6.07 Å². The normalized spacial score (nSPS) is 9.30. The molecule has 0 amide bonds. The van der Waals surface area contributed by atoms with Crippen LogP contribution in [0.3, 0.4) is 0 Å². The molecule has 0 N–H and O–H groups in total. The molecule has 0 aliphatic carbocycles. The Morgan fingerprint density at radius 3 is 2.80 bits per heavy atom. The number of hydrogen-bond donors (Lipinski definition) is 0. The maximum atomic E-state index is 10.2. The number of nitro groups is 1. The highest BCUT2D eigenvalue weighted by Crippen LogP contribution is 2.14. The zero-order valence-electron chi connectivity index (χ0n) is 5.20. The second-order valence-electron chi connectivity index (χ2n) is 1.81. The van der Waals surface area contributed by atoms with Gasteiger partial charge in [-0.1, -0.05) is 12.1 Å². The highest BCUT2D eigenvalue weighted by atomic mass is 16.6. The molecule has 0 saturated heterocycles. The summed E-state index contributed by atoms with van der Waals surface area (Å²) >= 11 is 0. The summed E-state index contributed by atoms with van der Waals surface area (Å²) in [6.07, 6.45) is 0. The van der Waals surface area contributed by atoms with E-state index in [9.17, 15) is 10.1 Å². The number of benzene rings is 1. The zero-order valence-corrected chi connectivity index (χ0v) is 5.20. The smallest absolute Gasteiger partial charge is 0.258 e. The van der Waals surface area contributed by atoms with Crippen molar-refractivity contribution in [2.45, 2.75) is 0 Å². The predicted molar refractivity (Wildman–Crippen MR) is 36.4 cm³/mol. The topological polar surface area (TPSA) is 43.1 Å². The van der Waals surface area contributed by atoms with Crippen LogP contribution in [0.2, 0.25) is 0 Å². The fourth-order valence-corrected chi connectivity index (χ4v) is 0.624. The lowest BCUT2D eigenvalue weighted by Gasteiger charge is -1.92. The summed E-state index contributed by atoms with van der Waals surface area (Å²) in [6.45, 7) is 3.48. The Bertz CT molecular complexity index is 258. The molecule has 1 rings (SSSR count). The Hall–Kier alpha value is -1.38. The summed E-state index contributed by atoms with van der Waals surface area (Å²) in [5.41, 5.74) is 0.436. The lowest BCUT2D eigenvalue weighted by Crippen LogP contribution is -1.89. The highest BCUT2D eigenvalue weighted by molar-refractivity contribution is 5.40. The second-order valence-corrected chi connectivity index (χ2v) is 1.81. The lowest BCUT2D eigenvalue weighted by atomic mass is 10.2. The van der Waals surface area contributed by atoms with E-state index < -0.39 is 4.92 Å². The van der Waals surface area contributed by atoms with Crippen molar-refractivity contribution in [2.24, 2.45) is 0 Å². The van der Waals surface area contributed by atoms with Crippen molar-refractivity contribution < 1.29 is 4.92 Å². The van der Waals surface area contributed by atoms with E-state index in [0.717, 1.165) is 0 Å². The van der Waals surface area contributed by atoms with Gasteiger partial charge in [-0.05, 0) is 13.0 Å². The van der Waals surface area contributed by atoms with Gasteiger partial charge in [0.1, 0.15) is 0 Å². The van der Waals surface area contributed by atoms with Crippen molar-refractivity contribution in [1.82, 2.24) is 0 Å². The van der Waals surface area contributed by atoms with E-state index >= 15 is 0 Å². The van der Waals surface area contributed by atoms with Crippen LogP contribution in [-0.4, -0.2) is 4.92 Å². The van der Waals surface area contributed by atoms with Crippen molar-refractivity contribution in [3.05, 3.63) is 46.9 Å². The molecule has 0 atom stereocenters. The van der Waals surface area contributed by atoms with Crippen molar-refractivity contribution >= 4 is 5.69 Å². The molecule has 0 saturated carbocycles. The molecule has 1 aromatic rings. The van der Waals surface area contributed by atoms with Gasteiger partial charge in [-0.15, -0.1) is 0 Å². The van der Waals surface area contributed by atoms with E-state index in [0.29, 0.717) is 5.56 Å². The highest BCUT2D eigenvalue weighted by Gasteiger charge is 2.06. The molecule has 0 aromatic heterocycles. The van der Waals surface area contributed by atoms with Gasteiger partial charge in [-0.2, -0.15) is 0 Å². The molecular weight excluding hydrogens is 130 g/mol. The van der Waals surface area contributed by atoms with Gasteiger partial charge in [0.05, 0.1) is 4.92 Å². The fraction of sp³-hybridized carbons (Fsp3) is 0. The van der Waals surface area contributed by atoms with Crippen LogP contribution in [-0.2, 0) is 0 Å². The summed E-state index contributed by atoms with van der Waals surface area (Å²) in [7, 11) is 0. The summed E-state index contributed by atoms with van der Waals surface area (Å²) in [6, 6.07) is 7.06. The van der Waals surface area contributed by atoms with Crippen molar-refractivity contribution in [1.29, 1.82) is 0 Å². The predicted octanol–water partition coefficient (Wildman–Crippen LogP) is 1.58. The summed E-state index contributed by atoms with van der Waals surface area (Å²) in [5, 5.41) is 10.2. The van der Waals surface area contributed by atoms with Crippen LogP contribution >= 0.6 is 0 Å². The van der Waals surface area contributed by atoms with E-state index in [2.05, 4.69) is 13.0 Å². The largest absolute Gasteiger partial charge is 0.273 e. The molecule has 0 fully saturated rings. The molecular formula is C7H5NO2. The molecule has 10 heavy (non-hydrogen) atoms. The van der Waals surface area contributed by atoms with E-state index in [1.54, 1.807) is 12.1 Å². The van der Waals surface area contributed by atoms with Crippen LogP contribution in [0.25, 0.3) is 0 Å². The van der Waals surface area contributed by atoms with Gasteiger partial charge in [0.2, 0.25) is 0 Å². The fourth-order valence-electron chi connectivity index (χ4n) is 0.624. The molecule has 0 spiro atoms. The molecule has 0 heterocycles. The third-order valence-corrected chi connectivity index (χ3v) is 1.13. The van der Waals surface area contributed by atoms with Crippen LogP contribution in [0.15, 0.2) is 18.2 Å². The van der Waals surface area contributed by atoms with E-state index in [4.69, 9.17) is 0 Å². The van der Waals surface area contributed by atoms with Gasteiger partial charge in [0, 0.05) is 11.6 Å². The second kappa shape index (κ2) is 2.47. The number of nitrogens with zero attached hydrogens (tertiary/aromatic N) is 1. The molecule has 0 bridgehead atoms. The minimum absolute atomic E-state index is 0.0162. The average molecular weight is 135 g/mol. The van der Waals surface area contributed by atoms with Gasteiger partial charge in [-0.3, -0.25) is 10.1 Å². The maximum absolute atomic E-state index is 10.2. The SMILES string of the molecule is [CH2]c1cc[c]cc1[N+](=O)[O-]. The Morgan fingerprint density at radius 1 is 1.70 bits per heavy atom. The minimum atomic E-state index is -0.473. The Balaban J connectivity index is 3.15. The molecule has 0 aliphatic heterocycles. The molecule has 0 unspecified atom stereocenters. The summed E-state index contributed by atoms with van der Waals surface area (Å²) in [4.78, 5) is 9.69. The van der Waals surface area contributed by atoms with E-state index in [-0.39, 0.29) is 5.69 Å². The first-order chi connectivity index (χ1) is 4.72. The van der Waals surface area contributed by atoms with Crippen LogP contribution in [0, 0.1) is 23.1 Å². The first-order valence-electron chi connectivity index (χ1n) is 2.68. The van der Waals surface area contributed by atoms with Gasteiger partial charge in [0.15, 0.2) is 0 Å². The third kappa shape index (κ3) is 1.13. The molecule has 1 aromatic carbocycles. The summed E-state index contributed by atoms with van der Waals surface area (Å²) < 4.78 is 0. The van der Waals surface area contributed by atoms with Crippen molar-refractivity contribution in [3.8, 4) is 0 Å². The first kappa shape index (κ1) is 6.74. The molecule has 50 valence electrons. The zero-order chi connectivity index (χ0) is 7.56. The Morgan fingerprint density at radius 2 is 2.40 bits per heavy atom. The van der Waals surface area contributed by atoms with Crippen molar-refractivity contribution in [3.63, 3.8) is 0 Å². The first-order valence-corrected chi connectivity index (χ1v) is 2.68. The van der Waals surface area contributed by atoms with Gasteiger partial charge < -0.3 is 0 Å². The van der Waals surface area contributed by atoms with Crippen LogP contribution in [0.5, 0.6) is 0 Å². The third-order valence-electron chi connectivity index (χ3n) is 1.13. The summed E-state index contributed by atoms with van der Waals surface area (Å²) in [5.74, 6) is 0. The number of hydrogen-bond acceptors (Lipinski definition) is 2. The minimum Gasteiger partial charge on any atom is -0.258 e. The van der Waals surface area contributed by atoms with Crippen LogP contribution in [0.4, 0.5) is 5.69 Å². The van der Waals surface area contributed by atoms with Gasteiger partial charge >= 0.3 is 0 Å².